The van der Waals surface area contributed by atoms with Crippen LogP contribution >= 0.6 is 0 Å². The Hall–Kier alpha value is -2.05. The minimum atomic E-state index is -4.46. The molecule has 0 bridgehead atoms. The van der Waals surface area contributed by atoms with Crippen molar-refractivity contribution in [3.05, 3.63) is 29.6 Å². The zero-order valence-corrected chi connectivity index (χ0v) is 9.79. The van der Waals surface area contributed by atoms with Gasteiger partial charge in [0, 0.05) is 12.1 Å². The monoisotopic (exact) mass is 272 g/mol. The molecule has 2 aromatic rings. The van der Waals surface area contributed by atoms with Gasteiger partial charge in [-0.2, -0.15) is 13.2 Å². The highest BCUT2D eigenvalue weighted by molar-refractivity contribution is 5.76. The normalized spacial score (nSPS) is 11.9. The van der Waals surface area contributed by atoms with E-state index in [1.165, 1.54) is 12.1 Å². The highest BCUT2D eigenvalue weighted by atomic mass is 19.4. The SMILES string of the molecule is O=C(O)CCCc1cc2nc(C(F)(F)F)ccc2[nH]1. The van der Waals surface area contributed by atoms with Gasteiger partial charge in [0.1, 0.15) is 5.69 Å². The van der Waals surface area contributed by atoms with Crippen molar-refractivity contribution in [3.8, 4) is 0 Å². The third-order valence-electron chi connectivity index (χ3n) is 2.66. The van der Waals surface area contributed by atoms with E-state index < -0.39 is 17.8 Å². The first-order chi connectivity index (χ1) is 8.86. The van der Waals surface area contributed by atoms with Crippen LogP contribution in [-0.4, -0.2) is 21.0 Å². The number of hydrogen-bond acceptors (Lipinski definition) is 2. The van der Waals surface area contributed by atoms with E-state index in [4.69, 9.17) is 5.11 Å². The number of H-pyrrole nitrogens is 1. The average Bonchev–Trinajstić information content (AvgIpc) is 2.68. The maximum absolute atomic E-state index is 12.5. The molecule has 0 atom stereocenters. The van der Waals surface area contributed by atoms with Gasteiger partial charge in [0.2, 0.25) is 0 Å². The van der Waals surface area contributed by atoms with Gasteiger partial charge in [0.25, 0.3) is 0 Å². The van der Waals surface area contributed by atoms with Gasteiger partial charge in [-0.3, -0.25) is 4.79 Å². The molecule has 0 fully saturated rings. The fraction of sp³-hybridized carbons (Fsp3) is 0.333. The summed E-state index contributed by atoms with van der Waals surface area (Å²) in [6, 6.07) is 3.76. The first-order valence-corrected chi connectivity index (χ1v) is 5.64. The predicted octanol–water partition coefficient (Wildman–Crippen LogP) is 2.99. The Balaban J connectivity index is 2.18. The summed E-state index contributed by atoms with van der Waals surface area (Å²) in [6.07, 6.45) is -3.55. The summed E-state index contributed by atoms with van der Waals surface area (Å²) >= 11 is 0. The van der Waals surface area contributed by atoms with Gasteiger partial charge in [-0.15, -0.1) is 0 Å². The van der Waals surface area contributed by atoms with Gasteiger partial charge in [-0.1, -0.05) is 0 Å². The number of aromatic nitrogens is 2. The van der Waals surface area contributed by atoms with Gasteiger partial charge in [0.05, 0.1) is 11.0 Å². The van der Waals surface area contributed by atoms with E-state index in [2.05, 4.69) is 9.97 Å². The molecule has 4 nitrogen and oxygen atoms in total. The number of carboxylic acid groups (broad SMARTS) is 1. The van der Waals surface area contributed by atoms with E-state index in [9.17, 15) is 18.0 Å². The number of aliphatic carboxylic acids is 1. The van der Waals surface area contributed by atoms with Crippen LogP contribution in [0.25, 0.3) is 11.0 Å². The number of aryl methyl sites for hydroxylation is 1. The Bertz CT molecular complexity index is 605. The van der Waals surface area contributed by atoms with Gasteiger partial charge < -0.3 is 10.1 Å². The Morgan fingerprint density at radius 2 is 2.11 bits per heavy atom. The maximum Gasteiger partial charge on any atom is 0.433 e. The fourth-order valence-electron chi connectivity index (χ4n) is 1.79. The van der Waals surface area contributed by atoms with Crippen LogP contribution in [0.2, 0.25) is 0 Å². The van der Waals surface area contributed by atoms with Crippen molar-refractivity contribution in [2.45, 2.75) is 25.4 Å². The lowest BCUT2D eigenvalue weighted by Gasteiger charge is -2.04. The number of nitrogens with one attached hydrogen (secondary N) is 1. The Morgan fingerprint density at radius 1 is 1.37 bits per heavy atom. The molecule has 0 aliphatic carbocycles. The number of carbonyl (C=O) groups is 1. The van der Waals surface area contributed by atoms with E-state index in [-0.39, 0.29) is 11.9 Å². The molecular formula is C12H11F3N2O2. The van der Waals surface area contributed by atoms with Crippen LogP contribution in [0.3, 0.4) is 0 Å². The Labute approximate surface area is 106 Å². The van der Waals surface area contributed by atoms with Gasteiger partial charge in [-0.05, 0) is 31.0 Å². The van der Waals surface area contributed by atoms with Crippen LogP contribution in [0.1, 0.15) is 24.2 Å². The predicted molar refractivity (Wildman–Crippen MR) is 61.7 cm³/mol. The van der Waals surface area contributed by atoms with Crippen molar-refractivity contribution < 1.29 is 23.1 Å². The number of nitrogens with zero attached hydrogens (tertiary/aromatic N) is 1. The molecule has 0 aliphatic rings. The molecule has 2 N–H and O–H groups in total. The highest BCUT2D eigenvalue weighted by Crippen LogP contribution is 2.29. The van der Waals surface area contributed by atoms with Gasteiger partial charge in [0.15, 0.2) is 0 Å². The van der Waals surface area contributed by atoms with E-state index in [0.29, 0.717) is 24.1 Å². The number of aromatic amines is 1. The van der Waals surface area contributed by atoms with Crippen LogP contribution in [-0.2, 0) is 17.4 Å². The van der Waals surface area contributed by atoms with E-state index in [1.807, 2.05) is 0 Å². The molecule has 0 saturated heterocycles. The minimum Gasteiger partial charge on any atom is -0.481 e. The molecule has 7 heteroatoms. The van der Waals surface area contributed by atoms with Crippen molar-refractivity contribution >= 4 is 17.0 Å². The molecule has 0 aliphatic heterocycles. The second-order valence-corrected chi connectivity index (χ2v) is 4.17. The second kappa shape index (κ2) is 4.91. The first kappa shape index (κ1) is 13.4. The summed E-state index contributed by atoms with van der Waals surface area (Å²) in [4.78, 5) is 16.8. The van der Waals surface area contributed by atoms with E-state index >= 15 is 0 Å². The summed E-state index contributed by atoms with van der Waals surface area (Å²) < 4.78 is 37.4. The first-order valence-electron chi connectivity index (χ1n) is 5.64. The number of pyridine rings is 1. The summed E-state index contributed by atoms with van der Waals surface area (Å²) in [5.41, 5.74) is 0.498. The summed E-state index contributed by atoms with van der Waals surface area (Å²) in [5, 5.41) is 8.51. The molecule has 19 heavy (non-hydrogen) atoms. The van der Waals surface area contributed by atoms with Crippen LogP contribution in [0.4, 0.5) is 13.2 Å². The van der Waals surface area contributed by atoms with Crippen LogP contribution in [0.15, 0.2) is 18.2 Å². The highest BCUT2D eigenvalue weighted by Gasteiger charge is 2.32. The maximum atomic E-state index is 12.5. The van der Waals surface area contributed by atoms with E-state index in [1.54, 1.807) is 0 Å². The molecule has 0 amide bonds. The van der Waals surface area contributed by atoms with Gasteiger partial charge >= 0.3 is 12.1 Å². The minimum absolute atomic E-state index is 0.0244. The number of carboxylic acids is 1. The second-order valence-electron chi connectivity index (χ2n) is 4.17. The summed E-state index contributed by atoms with van der Waals surface area (Å²) in [6.45, 7) is 0. The number of rotatable bonds is 4. The van der Waals surface area contributed by atoms with Crippen molar-refractivity contribution in [3.63, 3.8) is 0 Å². The van der Waals surface area contributed by atoms with Crippen LogP contribution in [0.5, 0.6) is 0 Å². The third kappa shape index (κ3) is 3.24. The average molecular weight is 272 g/mol. The third-order valence-corrected chi connectivity index (χ3v) is 2.66. The number of alkyl halides is 3. The number of halogens is 3. The molecule has 0 saturated carbocycles. The lowest BCUT2D eigenvalue weighted by atomic mass is 10.2. The molecule has 2 rings (SSSR count). The summed E-state index contributed by atoms with van der Waals surface area (Å²) in [5.74, 6) is -0.895. The molecule has 2 heterocycles. The largest absolute Gasteiger partial charge is 0.481 e. The Morgan fingerprint density at radius 3 is 2.74 bits per heavy atom. The van der Waals surface area contributed by atoms with Crippen molar-refractivity contribution in [1.82, 2.24) is 9.97 Å². The standard InChI is InChI=1S/C12H11F3N2O2/c13-12(14,15)10-5-4-8-9(17-10)6-7(16-8)2-1-3-11(18)19/h4-6,16H,1-3H2,(H,18,19). The number of hydrogen-bond donors (Lipinski definition) is 2. The van der Waals surface area contributed by atoms with Gasteiger partial charge in [-0.25, -0.2) is 4.98 Å². The summed E-state index contributed by atoms with van der Waals surface area (Å²) in [7, 11) is 0. The van der Waals surface area contributed by atoms with Crippen molar-refractivity contribution in [1.29, 1.82) is 0 Å². The zero-order chi connectivity index (χ0) is 14.0. The Kier molecular flexibility index (Phi) is 3.46. The topological polar surface area (TPSA) is 66.0 Å². The van der Waals surface area contributed by atoms with Crippen LogP contribution in [0, 0.1) is 0 Å². The quantitative estimate of drug-likeness (QED) is 0.899. The molecule has 0 radical (unpaired) electrons. The molecule has 0 unspecified atom stereocenters. The number of fused-ring (bicyclic) bond motifs is 1. The zero-order valence-electron chi connectivity index (χ0n) is 9.79. The molecule has 0 aromatic carbocycles. The molecule has 102 valence electrons. The smallest absolute Gasteiger partial charge is 0.433 e. The molecule has 0 spiro atoms. The lowest BCUT2D eigenvalue weighted by molar-refractivity contribution is -0.141. The fourth-order valence-corrected chi connectivity index (χ4v) is 1.79. The van der Waals surface area contributed by atoms with Crippen molar-refractivity contribution in [2.75, 3.05) is 0 Å². The molecule has 2 aromatic heterocycles. The molecular weight excluding hydrogens is 261 g/mol. The lowest BCUT2D eigenvalue weighted by Crippen LogP contribution is -2.07. The van der Waals surface area contributed by atoms with Crippen LogP contribution < -0.4 is 0 Å². The van der Waals surface area contributed by atoms with E-state index in [0.717, 1.165) is 6.07 Å². The van der Waals surface area contributed by atoms with Crippen molar-refractivity contribution in [2.24, 2.45) is 0 Å².